The van der Waals surface area contributed by atoms with E-state index in [-0.39, 0.29) is 24.2 Å². The number of carbonyl (C=O) groups excluding carboxylic acids is 1. The van der Waals surface area contributed by atoms with Gasteiger partial charge in [0.2, 0.25) is 0 Å². The van der Waals surface area contributed by atoms with E-state index in [1.165, 1.54) is 0 Å². The van der Waals surface area contributed by atoms with E-state index in [0.29, 0.717) is 6.61 Å². The molecular formula is C16H22N4O2S. The van der Waals surface area contributed by atoms with E-state index in [2.05, 4.69) is 15.6 Å². The normalized spacial score (nSPS) is 22.5. The van der Waals surface area contributed by atoms with Gasteiger partial charge in [-0.1, -0.05) is 6.07 Å². The minimum atomic E-state index is -0.124. The van der Waals surface area contributed by atoms with E-state index in [1.54, 1.807) is 17.7 Å². The Morgan fingerprint density at radius 1 is 1.57 bits per heavy atom. The highest BCUT2D eigenvalue weighted by Gasteiger charge is 2.27. The summed E-state index contributed by atoms with van der Waals surface area (Å²) in [5.41, 5.74) is 1.05. The number of urea groups is 1. The van der Waals surface area contributed by atoms with E-state index in [4.69, 9.17) is 4.74 Å². The molecule has 2 aromatic rings. The third-order valence-corrected chi connectivity index (χ3v) is 5.18. The molecule has 23 heavy (non-hydrogen) atoms. The molecule has 0 saturated carbocycles. The molecule has 2 N–H and O–H groups in total. The predicted octanol–water partition coefficient (Wildman–Crippen LogP) is 2.76. The van der Waals surface area contributed by atoms with Crippen molar-refractivity contribution >= 4 is 17.4 Å². The van der Waals surface area contributed by atoms with E-state index in [9.17, 15) is 4.79 Å². The lowest BCUT2D eigenvalue weighted by atomic mass is 10.0. The summed E-state index contributed by atoms with van der Waals surface area (Å²) >= 11 is 1.65. The molecule has 3 atom stereocenters. The van der Waals surface area contributed by atoms with Gasteiger partial charge in [-0.15, -0.1) is 11.3 Å². The Balaban J connectivity index is 1.53. The van der Waals surface area contributed by atoms with Crippen molar-refractivity contribution in [1.82, 2.24) is 20.2 Å². The first kappa shape index (κ1) is 16.0. The van der Waals surface area contributed by atoms with Gasteiger partial charge in [0.1, 0.15) is 6.10 Å². The predicted molar refractivity (Wildman–Crippen MR) is 89.3 cm³/mol. The van der Waals surface area contributed by atoms with Gasteiger partial charge in [-0.25, -0.2) is 9.78 Å². The first-order valence-electron chi connectivity index (χ1n) is 7.81. The van der Waals surface area contributed by atoms with E-state index >= 15 is 0 Å². The summed E-state index contributed by atoms with van der Waals surface area (Å²) < 4.78 is 7.79. The van der Waals surface area contributed by atoms with Gasteiger partial charge in [0.05, 0.1) is 24.3 Å². The van der Waals surface area contributed by atoms with Crippen molar-refractivity contribution in [3.63, 3.8) is 0 Å². The lowest BCUT2D eigenvalue weighted by molar-refractivity contribution is -0.00181. The summed E-state index contributed by atoms with van der Waals surface area (Å²) in [7, 11) is 1.96. The highest BCUT2D eigenvalue weighted by molar-refractivity contribution is 7.10. The van der Waals surface area contributed by atoms with Crippen LogP contribution in [0.4, 0.5) is 4.79 Å². The number of nitrogens with zero attached hydrogens (tertiary/aromatic N) is 2. The Hall–Kier alpha value is -1.86. The number of rotatable bonds is 4. The van der Waals surface area contributed by atoms with Crippen LogP contribution >= 0.6 is 11.3 Å². The van der Waals surface area contributed by atoms with Gasteiger partial charge in [0, 0.05) is 24.6 Å². The van der Waals surface area contributed by atoms with Crippen molar-refractivity contribution in [2.24, 2.45) is 7.05 Å². The largest absolute Gasteiger partial charge is 0.372 e. The number of ether oxygens (including phenoxy) is 1. The van der Waals surface area contributed by atoms with Crippen LogP contribution in [0.15, 0.2) is 30.0 Å². The lowest BCUT2D eigenvalue weighted by Gasteiger charge is -2.30. The number of nitrogens with one attached hydrogen (secondary N) is 2. The van der Waals surface area contributed by atoms with Crippen LogP contribution in [0.2, 0.25) is 0 Å². The van der Waals surface area contributed by atoms with Crippen molar-refractivity contribution in [3.05, 3.63) is 40.6 Å². The zero-order valence-corrected chi connectivity index (χ0v) is 14.2. The van der Waals surface area contributed by atoms with Gasteiger partial charge in [-0.05, 0) is 31.2 Å². The zero-order valence-electron chi connectivity index (χ0n) is 13.4. The van der Waals surface area contributed by atoms with Crippen molar-refractivity contribution in [3.8, 4) is 0 Å². The average molecular weight is 334 g/mol. The lowest BCUT2D eigenvalue weighted by Crippen LogP contribution is -2.45. The highest BCUT2D eigenvalue weighted by Crippen LogP contribution is 2.27. The van der Waals surface area contributed by atoms with Gasteiger partial charge in [-0.2, -0.15) is 0 Å². The van der Waals surface area contributed by atoms with Crippen LogP contribution in [0.1, 0.15) is 42.5 Å². The Morgan fingerprint density at radius 3 is 3.13 bits per heavy atom. The second kappa shape index (κ2) is 7.14. The van der Waals surface area contributed by atoms with Crippen LogP contribution in [0, 0.1) is 0 Å². The maximum Gasteiger partial charge on any atom is 0.315 e. The molecule has 0 radical (unpaired) electrons. The van der Waals surface area contributed by atoms with Crippen LogP contribution in [0.3, 0.4) is 0 Å². The molecule has 1 aliphatic rings. The summed E-state index contributed by atoms with van der Waals surface area (Å²) in [6.07, 6.45) is 5.17. The molecule has 0 unspecified atom stereocenters. The summed E-state index contributed by atoms with van der Waals surface area (Å²) in [6.45, 7) is 2.63. The maximum atomic E-state index is 12.2. The molecule has 1 fully saturated rings. The van der Waals surface area contributed by atoms with Crippen molar-refractivity contribution in [2.45, 2.75) is 38.0 Å². The molecule has 6 nitrogen and oxygen atoms in total. The molecule has 7 heteroatoms. The van der Waals surface area contributed by atoms with Crippen molar-refractivity contribution in [2.75, 3.05) is 6.61 Å². The number of hydrogen-bond acceptors (Lipinski definition) is 4. The van der Waals surface area contributed by atoms with E-state index in [1.807, 2.05) is 42.2 Å². The Morgan fingerprint density at radius 2 is 2.43 bits per heavy atom. The van der Waals surface area contributed by atoms with Gasteiger partial charge in [0.25, 0.3) is 0 Å². The fraction of sp³-hybridized carbons (Fsp3) is 0.500. The number of aryl methyl sites for hydroxylation is 1. The first-order valence-corrected chi connectivity index (χ1v) is 8.69. The zero-order chi connectivity index (χ0) is 16.2. The van der Waals surface area contributed by atoms with Gasteiger partial charge in [-0.3, -0.25) is 0 Å². The third kappa shape index (κ3) is 3.92. The molecule has 2 aromatic heterocycles. The molecule has 0 aromatic carbocycles. The first-order chi connectivity index (χ1) is 11.1. The monoisotopic (exact) mass is 334 g/mol. The summed E-state index contributed by atoms with van der Waals surface area (Å²) in [5.74, 6) is 0. The molecule has 0 aliphatic carbocycles. The molecule has 3 heterocycles. The third-order valence-electron chi connectivity index (χ3n) is 4.12. The average Bonchev–Trinajstić information content (AvgIpc) is 3.18. The Bertz CT molecular complexity index is 640. The topological polar surface area (TPSA) is 68.2 Å². The molecule has 0 bridgehead atoms. The van der Waals surface area contributed by atoms with E-state index in [0.717, 1.165) is 23.4 Å². The standard InChI is InChI=1S/C16H22N4O2S/c1-11(15-4-3-7-23-15)18-16(21)19-12-5-6-22-14(8-12)13-9-17-10-20(13)2/h3-4,7,9-12,14H,5-6,8H2,1-2H3,(H2,18,19,21)/t11-,12+,14-/m0/s1. The second-order valence-electron chi connectivity index (χ2n) is 5.87. The minimum absolute atomic E-state index is 0.0164. The smallest absolute Gasteiger partial charge is 0.315 e. The molecule has 1 saturated heterocycles. The second-order valence-corrected chi connectivity index (χ2v) is 6.84. The molecule has 2 amide bonds. The molecule has 124 valence electrons. The summed E-state index contributed by atoms with van der Waals surface area (Å²) in [4.78, 5) is 17.5. The summed E-state index contributed by atoms with van der Waals surface area (Å²) in [5, 5.41) is 8.08. The molecule has 0 spiro atoms. The van der Waals surface area contributed by atoms with Crippen LogP contribution < -0.4 is 10.6 Å². The Kier molecular flexibility index (Phi) is 4.97. The van der Waals surface area contributed by atoms with Crippen LogP contribution in [0.5, 0.6) is 0 Å². The number of amides is 2. The number of imidazole rings is 1. The fourth-order valence-electron chi connectivity index (χ4n) is 2.84. The number of thiophene rings is 1. The minimum Gasteiger partial charge on any atom is -0.372 e. The Labute approximate surface area is 139 Å². The quantitative estimate of drug-likeness (QED) is 0.903. The van der Waals surface area contributed by atoms with Crippen LogP contribution in [-0.2, 0) is 11.8 Å². The van der Waals surface area contributed by atoms with Crippen molar-refractivity contribution < 1.29 is 9.53 Å². The fourth-order valence-corrected chi connectivity index (χ4v) is 3.58. The highest BCUT2D eigenvalue weighted by atomic mass is 32.1. The number of aromatic nitrogens is 2. The number of hydrogen-bond donors (Lipinski definition) is 2. The molecule has 3 rings (SSSR count). The number of carbonyl (C=O) groups is 1. The van der Waals surface area contributed by atoms with Gasteiger partial charge < -0.3 is 19.9 Å². The van der Waals surface area contributed by atoms with E-state index < -0.39 is 0 Å². The van der Waals surface area contributed by atoms with Crippen molar-refractivity contribution in [1.29, 1.82) is 0 Å². The molecule has 1 aliphatic heterocycles. The van der Waals surface area contributed by atoms with Gasteiger partial charge >= 0.3 is 6.03 Å². The SMILES string of the molecule is C[C@H](NC(=O)N[C@@H]1CCO[C@H](c2cncn2C)C1)c1cccs1. The summed E-state index contributed by atoms with van der Waals surface area (Å²) in [6, 6.07) is 4.03. The van der Waals surface area contributed by atoms with Crippen LogP contribution in [-0.4, -0.2) is 28.2 Å². The maximum absolute atomic E-state index is 12.2. The van der Waals surface area contributed by atoms with Gasteiger partial charge in [0.15, 0.2) is 0 Å². The van der Waals surface area contributed by atoms with Crippen LogP contribution in [0.25, 0.3) is 0 Å². The molecular weight excluding hydrogens is 312 g/mol.